The molecule has 1 heterocycles. The predicted molar refractivity (Wildman–Crippen MR) is 105 cm³/mol. The third-order valence-corrected chi connectivity index (χ3v) is 6.00. The van der Waals surface area contributed by atoms with E-state index < -0.39 is 5.97 Å². The van der Waals surface area contributed by atoms with Gasteiger partial charge in [-0.1, -0.05) is 48.5 Å². The molecule has 5 heteroatoms. The lowest BCUT2D eigenvalue weighted by molar-refractivity contribution is -0.137. The van der Waals surface area contributed by atoms with Gasteiger partial charge in [-0.05, 0) is 37.3 Å². The average Bonchev–Trinajstić information content (AvgIpc) is 3.42. The molecule has 2 aromatic rings. The summed E-state index contributed by atoms with van der Waals surface area (Å²) in [6.45, 7) is 0.632. The highest BCUT2D eigenvalue weighted by atomic mass is 16.5. The fraction of sp³-hybridized carbons (Fsp3) is 0.391. The second-order valence-electron chi connectivity index (χ2n) is 7.84. The Kier molecular flexibility index (Phi) is 5.07. The number of rotatable bonds is 7. The Labute approximate surface area is 164 Å². The monoisotopic (exact) mass is 379 g/mol. The molecule has 1 aliphatic heterocycles. The van der Waals surface area contributed by atoms with Crippen LogP contribution in [0.1, 0.15) is 36.8 Å². The van der Waals surface area contributed by atoms with Crippen molar-refractivity contribution in [2.45, 2.75) is 43.6 Å². The minimum absolute atomic E-state index is 0.0306. The van der Waals surface area contributed by atoms with Crippen molar-refractivity contribution >= 4 is 11.9 Å². The average molecular weight is 379 g/mol. The maximum atomic E-state index is 13.0. The first-order chi connectivity index (χ1) is 13.6. The number of fused-ring (bicyclic) bond motifs is 2. The van der Waals surface area contributed by atoms with E-state index in [9.17, 15) is 9.59 Å². The molecular weight excluding hydrogens is 354 g/mol. The topological polar surface area (TPSA) is 75.6 Å². The number of nitrogens with one attached hydrogen (secondary N) is 1. The number of carboxylic acids is 1. The third-order valence-electron chi connectivity index (χ3n) is 6.00. The summed E-state index contributed by atoms with van der Waals surface area (Å²) in [6, 6.07) is 17.7. The Morgan fingerprint density at radius 3 is 2.68 bits per heavy atom. The molecule has 146 valence electrons. The number of hydrogen-bond acceptors (Lipinski definition) is 3. The quantitative estimate of drug-likeness (QED) is 0.774. The van der Waals surface area contributed by atoms with E-state index in [1.807, 2.05) is 48.5 Å². The first-order valence-corrected chi connectivity index (χ1v) is 9.87. The zero-order valence-electron chi connectivity index (χ0n) is 15.8. The van der Waals surface area contributed by atoms with E-state index in [2.05, 4.69) is 11.4 Å². The first-order valence-electron chi connectivity index (χ1n) is 9.87. The number of para-hydroxylation sites is 1. The van der Waals surface area contributed by atoms with Gasteiger partial charge < -0.3 is 15.2 Å². The number of aliphatic carboxylic acids is 1. The Balaban J connectivity index is 1.46. The Morgan fingerprint density at radius 2 is 1.89 bits per heavy atom. The normalized spacial score (nSPS) is 23.4. The van der Waals surface area contributed by atoms with Crippen LogP contribution in [0, 0.1) is 5.92 Å². The van der Waals surface area contributed by atoms with Crippen molar-refractivity contribution in [3.05, 3.63) is 65.7 Å². The van der Waals surface area contributed by atoms with Gasteiger partial charge in [0.15, 0.2) is 0 Å². The summed E-state index contributed by atoms with van der Waals surface area (Å²) < 4.78 is 5.76. The Morgan fingerprint density at radius 1 is 1.14 bits per heavy atom. The maximum absolute atomic E-state index is 13.0. The van der Waals surface area contributed by atoms with Crippen molar-refractivity contribution in [1.82, 2.24) is 5.32 Å². The highest BCUT2D eigenvalue weighted by molar-refractivity contribution is 5.85. The van der Waals surface area contributed by atoms with Crippen LogP contribution in [0.2, 0.25) is 0 Å². The van der Waals surface area contributed by atoms with E-state index >= 15 is 0 Å². The molecular formula is C23H25NO4. The van der Waals surface area contributed by atoms with E-state index in [0.717, 1.165) is 29.7 Å². The molecule has 1 saturated carbocycles. The van der Waals surface area contributed by atoms with Crippen molar-refractivity contribution in [1.29, 1.82) is 0 Å². The molecule has 4 rings (SSSR count). The van der Waals surface area contributed by atoms with Gasteiger partial charge in [0.05, 0.1) is 6.61 Å². The fourth-order valence-corrected chi connectivity index (χ4v) is 4.43. The van der Waals surface area contributed by atoms with Crippen LogP contribution in [0.5, 0.6) is 5.75 Å². The van der Waals surface area contributed by atoms with Crippen molar-refractivity contribution in [2.24, 2.45) is 5.92 Å². The minimum Gasteiger partial charge on any atom is -0.493 e. The highest BCUT2D eigenvalue weighted by Gasteiger charge is 2.61. The standard InChI is InChI=1S/C23H25NO4/c25-21(26)11-10-17(14-16-6-2-1-3-7-16)24-22(27)19-15-23(19)12-13-28-20-9-5-4-8-18(20)23/h1-9,17,19H,10-15H2,(H,24,27)(H,25,26). The van der Waals surface area contributed by atoms with Gasteiger partial charge in [0, 0.05) is 29.4 Å². The van der Waals surface area contributed by atoms with Gasteiger partial charge in [-0.15, -0.1) is 0 Å². The molecule has 1 fully saturated rings. The van der Waals surface area contributed by atoms with Crippen LogP contribution >= 0.6 is 0 Å². The first kappa shape index (κ1) is 18.5. The van der Waals surface area contributed by atoms with Crippen LogP contribution in [0.4, 0.5) is 0 Å². The van der Waals surface area contributed by atoms with E-state index in [1.165, 1.54) is 0 Å². The molecule has 3 unspecified atom stereocenters. The van der Waals surface area contributed by atoms with Crippen LogP contribution < -0.4 is 10.1 Å². The van der Waals surface area contributed by atoms with Crippen LogP contribution in [0.15, 0.2) is 54.6 Å². The second-order valence-corrected chi connectivity index (χ2v) is 7.84. The zero-order valence-corrected chi connectivity index (χ0v) is 15.8. The molecule has 0 saturated heterocycles. The third kappa shape index (κ3) is 3.75. The lowest BCUT2D eigenvalue weighted by atomic mass is 9.87. The summed E-state index contributed by atoms with van der Waals surface area (Å²) in [5.74, 6) is 0.00740. The van der Waals surface area contributed by atoms with E-state index in [1.54, 1.807) is 0 Å². The predicted octanol–water partition coefficient (Wildman–Crippen LogP) is 3.32. The highest BCUT2D eigenvalue weighted by Crippen LogP contribution is 2.60. The molecule has 2 aromatic carbocycles. The second kappa shape index (κ2) is 7.66. The molecule has 28 heavy (non-hydrogen) atoms. The van der Waals surface area contributed by atoms with E-state index in [-0.39, 0.29) is 29.7 Å². The van der Waals surface area contributed by atoms with Gasteiger partial charge in [0.25, 0.3) is 0 Å². The molecule has 0 bridgehead atoms. The van der Waals surface area contributed by atoms with Crippen molar-refractivity contribution in [3.63, 3.8) is 0 Å². The Hall–Kier alpha value is -2.82. The van der Waals surface area contributed by atoms with Crippen LogP contribution in [-0.2, 0) is 21.4 Å². The largest absolute Gasteiger partial charge is 0.493 e. The summed E-state index contributed by atoms with van der Waals surface area (Å²) in [6.07, 6.45) is 2.79. The van der Waals surface area contributed by atoms with Crippen molar-refractivity contribution in [2.75, 3.05) is 6.61 Å². The van der Waals surface area contributed by atoms with Gasteiger partial charge in [-0.2, -0.15) is 0 Å². The van der Waals surface area contributed by atoms with Crippen LogP contribution in [-0.4, -0.2) is 29.6 Å². The number of amides is 1. The zero-order chi connectivity index (χ0) is 19.6. The summed E-state index contributed by atoms with van der Waals surface area (Å²) in [7, 11) is 0. The smallest absolute Gasteiger partial charge is 0.303 e. The van der Waals surface area contributed by atoms with Gasteiger partial charge in [0.2, 0.25) is 5.91 Å². The van der Waals surface area contributed by atoms with Crippen molar-refractivity contribution in [3.8, 4) is 5.75 Å². The van der Waals surface area contributed by atoms with Crippen molar-refractivity contribution < 1.29 is 19.4 Å². The number of carboxylic acid groups (broad SMARTS) is 1. The molecule has 0 radical (unpaired) electrons. The maximum Gasteiger partial charge on any atom is 0.303 e. The van der Waals surface area contributed by atoms with E-state index in [4.69, 9.17) is 9.84 Å². The van der Waals surface area contributed by atoms with Crippen LogP contribution in [0.25, 0.3) is 0 Å². The minimum atomic E-state index is -0.839. The number of carbonyl (C=O) groups excluding carboxylic acids is 1. The van der Waals surface area contributed by atoms with E-state index in [0.29, 0.717) is 19.4 Å². The summed E-state index contributed by atoms with van der Waals surface area (Å²) in [5.41, 5.74) is 2.11. The molecule has 1 spiro atoms. The van der Waals surface area contributed by atoms with Crippen LogP contribution in [0.3, 0.4) is 0 Å². The molecule has 1 amide bonds. The molecule has 0 aromatic heterocycles. The molecule has 2 N–H and O–H groups in total. The molecule has 2 aliphatic rings. The van der Waals surface area contributed by atoms with Gasteiger partial charge >= 0.3 is 5.97 Å². The summed E-state index contributed by atoms with van der Waals surface area (Å²) in [5, 5.41) is 12.2. The van der Waals surface area contributed by atoms with Gasteiger partial charge in [-0.25, -0.2) is 0 Å². The summed E-state index contributed by atoms with van der Waals surface area (Å²) in [4.78, 5) is 24.1. The molecule has 3 atom stereocenters. The summed E-state index contributed by atoms with van der Waals surface area (Å²) >= 11 is 0. The van der Waals surface area contributed by atoms with Gasteiger partial charge in [0.1, 0.15) is 5.75 Å². The lowest BCUT2D eigenvalue weighted by Crippen LogP contribution is -2.39. The number of hydrogen-bond donors (Lipinski definition) is 2. The SMILES string of the molecule is O=C(O)CCC(Cc1ccccc1)NC(=O)C1CC12CCOc1ccccc12. The number of benzene rings is 2. The Bertz CT molecular complexity index is 866. The fourth-order valence-electron chi connectivity index (χ4n) is 4.43. The van der Waals surface area contributed by atoms with Gasteiger partial charge in [-0.3, -0.25) is 9.59 Å². The number of ether oxygens (including phenoxy) is 1. The molecule has 5 nitrogen and oxygen atoms in total. The number of carbonyl (C=O) groups is 2. The lowest BCUT2D eigenvalue weighted by Gasteiger charge is -2.27. The molecule has 1 aliphatic carbocycles.